The molecule has 6 nitrogen and oxygen atoms in total. The highest BCUT2D eigenvalue weighted by molar-refractivity contribution is 5.54. The van der Waals surface area contributed by atoms with Crippen LogP contribution in [-0.2, 0) is 0 Å². The molecule has 0 bridgehead atoms. The zero-order valence-corrected chi connectivity index (χ0v) is 10.8. The third kappa shape index (κ3) is 2.33. The summed E-state index contributed by atoms with van der Waals surface area (Å²) in [4.78, 5) is 19.4. The van der Waals surface area contributed by atoms with Crippen LogP contribution >= 0.6 is 0 Å². The van der Waals surface area contributed by atoms with Crippen LogP contribution in [0.25, 0.3) is 11.4 Å². The number of nitrogens with zero attached hydrogens (tertiary/aromatic N) is 5. The summed E-state index contributed by atoms with van der Waals surface area (Å²) in [6, 6.07) is 2.17. The van der Waals surface area contributed by atoms with Crippen molar-refractivity contribution in [3.8, 4) is 11.4 Å². The first-order valence-electron chi connectivity index (χ1n) is 6.41. The molecule has 3 rings (SSSR count). The lowest BCUT2D eigenvalue weighted by atomic mass is 10.2. The predicted octanol–water partition coefficient (Wildman–Crippen LogP) is 1.50. The van der Waals surface area contributed by atoms with Crippen LogP contribution in [0, 0.1) is 0 Å². The van der Waals surface area contributed by atoms with Gasteiger partial charge in [-0.1, -0.05) is 0 Å². The van der Waals surface area contributed by atoms with E-state index < -0.39 is 0 Å². The fraction of sp³-hybridized carbons (Fsp3) is 0.385. The van der Waals surface area contributed by atoms with Crippen LogP contribution in [0.3, 0.4) is 0 Å². The molecule has 0 aliphatic carbocycles. The maximum Gasteiger partial charge on any atom is 0.225 e. The number of nitrogens with two attached hydrogens (primary N) is 1. The van der Waals surface area contributed by atoms with Gasteiger partial charge in [0.15, 0.2) is 5.82 Å². The predicted molar refractivity (Wildman–Crippen MR) is 73.5 cm³/mol. The Kier molecular flexibility index (Phi) is 2.98. The quantitative estimate of drug-likeness (QED) is 0.877. The van der Waals surface area contributed by atoms with Crippen LogP contribution in [0.15, 0.2) is 24.7 Å². The lowest BCUT2D eigenvalue weighted by molar-refractivity contribution is 0.717. The SMILES string of the molecule is CC1CCCN1c1ncc(-c2nccc(N)n2)cn1. The molecule has 1 saturated heterocycles. The molecule has 0 saturated carbocycles. The Morgan fingerprint density at radius 1 is 1.26 bits per heavy atom. The molecule has 0 radical (unpaired) electrons. The molecule has 1 aliphatic rings. The lowest BCUT2D eigenvalue weighted by Gasteiger charge is -2.20. The molecule has 2 aromatic heterocycles. The maximum absolute atomic E-state index is 5.64. The highest BCUT2D eigenvalue weighted by Gasteiger charge is 2.22. The first-order chi connectivity index (χ1) is 9.24. The fourth-order valence-corrected chi connectivity index (χ4v) is 2.33. The number of anilines is 2. The summed E-state index contributed by atoms with van der Waals surface area (Å²) >= 11 is 0. The average molecular weight is 256 g/mol. The van der Waals surface area contributed by atoms with Gasteiger partial charge < -0.3 is 10.6 Å². The summed E-state index contributed by atoms with van der Waals surface area (Å²) in [5.74, 6) is 1.78. The van der Waals surface area contributed by atoms with Gasteiger partial charge in [-0.25, -0.2) is 19.9 Å². The minimum atomic E-state index is 0.447. The lowest BCUT2D eigenvalue weighted by Crippen LogP contribution is -2.28. The van der Waals surface area contributed by atoms with Crippen molar-refractivity contribution in [1.82, 2.24) is 19.9 Å². The maximum atomic E-state index is 5.64. The largest absolute Gasteiger partial charge is 0.384 e. The molecule has 1 unspecified atom stereocenters. The third-order valence-corrected chi connectivity index (χ3v) is 3.38. The van der Waals surface area contributed by atoms with E-state index in [2.05, 4.69) is 31.8 Å². The van der Waals surface area contributed by atoms with Crippen molar-refractivity contribution in [3.63, 3.8) is 0 Å². The van der Waals surface area contributed by atoms with Crippen molar-refractivity contribution in [2.75, 3.05) is 17.2 Å². The smallest absolute Gasteiger partial charge is 0.225 e. The van der Waals surface area contributed by atoms with Crippen molar-refractivity contribution >= 4 is 11.8 Å². The molecular weight excluding hydrogens is 240 g/mol. The molecule has 2 aromatic rings. The number of rotatable bonds is 2. The van der Waals surface area contributed by atoms with Crippen LogP contribution < -0.4 is 10.6 Å². The summed E-state index contributed by atoms with van der Waals surface area (Å²) in [6.45, 7) is 3.22. The average Bonchev–Trinajstić information content (AvgIpc) is 2.85. The van der Waals surface area contributed by atoms with E-state index in [0.717, 1.165) is 18.1 Å². The Morgan fingerprint density at radius 3 is 2.68 bits per heavy atom. The van der Waals surface area contributed by atoms with Gasteiger partial charge in [-0.05, 0) is 25.8 Å². The van der Waals surface area contributed by atoms with Crippen molar-refractivity contribution in [3.05, 3.63) is 24.7 Å². The van der Waals surface area contributed by atoms with E-state index in [4.69, 9.17) is 5.73 Å². The Labute approximate surface area is 111 Å². The van der Waals surface area contributed by atoms with Gasteiger partial charge in [-0.3, -0.25) is 0 Å². The number of hydrogen-bond acceptors (Lipinski definition) is 6. The second-order valence-electron chi connectivity index (χ2n) is 4.76. The van der Waals surface area contributed by atoms with E-state index in [1.807, 2.05) is 0 Å². The topological polar surface area (TPSA) is 80.8 Å². The standard InChI is InChI=1S/C13H16N6/c1-9-3-2-6-19(9)13-16-7-10(8-17-13)12-15-5-4-11(14)18-12/h4-5,7-9H,2-3,6H2,1H3,(H2,14,15,18). The molecule has 1 aliphatic heterocycles. The highest BCUT2D eigenvalue weighted by Crippen LogP contribution is 2.22. The van der Waals surface area contributed by atoms with E-state index in [-0.39, 0.29) is 0 Å². The van der Waals surface area contributed by atoms with Gasteiger partial charge in [0.2, 0.25) is 5.95 Å². The van der Waals surface area contributed by atoms with Gasteiger partial charge in [-0.15, -0.1) is 0 Å². The molecule has 0 spiro atoms. The zero-order chi connectivity index (χ0) is 13.2. The summed E-state index contributed by atoms with van der Waals surface area (Å²) < 4.78 is 0. The van der Waals surface area contributed by atoms with Gasteiger partial charge >= 0.3 is 0 Å². The molecule has 0 aromatic carbocycles. The summed E-state index contributed by atoms with van der Waals surface area (Å²) in [5, 5.41) is 0. The summed E-state index contributed by atoms with van der Waals surface area (Å²) in [7, 11) is 0. The molecule has 1 atom stereocenters. The van der Waals surface area contributed by atoms with E-state index in [1.54, 1.807) is 24.7 Å². The minimum absolute atomic E-state index is 0.447. The fourth-order valence-electron chi connectivity index (χ4n) is 2.33. The van der Waals surface area contributed by atoms with Crippen molar-refractivity contribution < 1.29 is 0 Å². The molecule has 19 heavy (non-hydrogen) atoms. The minimum Gasteiger partial charge on any atom is -0.384 e. The molecule has 0 amide bonds. The van der Waals surface area contributed by atoms with Crippen molar-refractivity contribution in [1.29, 1.82) is 0 Å². The van der Waals surface area contributed by atoms with Gasteiger partial charge in [0, 0.05) is 31.2 Å². The van der Waals surface area contributed by atoms with E-state index in [9.17, 15) is 0 Å². The van der Waals surface area contributed by atoms with Crippen LogP contribution in [0.5, 0.6) is 0 Å². The summed E-state index contributed by atoms with van der Waals surface area (Å²) in [6.07, 6.45) is 7.53. The van der Waals surface area contributed by atoms with Gasteiger partial charge in [0.25, 0.3) is 0 Å². The van der Waals surface area contributed by atoms with Crippen LogP contribution in [0.4, 0.5) is 11.8 Å². The number of hydrogen-bond donors (Lipinski definition) is 1. The van der Waals surface area contributed by atoms with E-state index >= 15 is 0 Å². The number of nitrogen functional groups attached to an aromatic ring is 1. The second-order valence-corrected chi connectivity index (χ2v) is 4.76. The Morgan fingerprint density at radius 2 is 2.05 bits per heavy atom. The Balaban J connectivity index is 1.86. The first kappa shape index (κ1) is 11.8. The van der Waals surface area contributed by atoms with Gasteiger partial charge in [-0.2, -0.15) is 0 Å². The molecule has 3 heterocycles. The second kappa shape index (κ2) is 4.79. The van der Waals surface area contributed by atoms with Crippen LogP contribution in [0.2, 0.25) is 0 Å². The summed E-state index contributed by atoms with van der Waals surface area (Å²) in [5.41, 5.74) is 6.42. The van der Waals surface area contributed by atoms with Crippen LogP contribution in [0.1, 0.15) is 19.8 Å². The Bertz CT molecular complexity index is 568. The molecule has 1 fully saturated rings. The third-order valence-electron chi connectivity index (χ3n) is 3.38. The number of aromatic nitrogens is 4. The van der Waals surface area contributed by atoms with Crippen molar-refractivity contribution in [2.24, 2.45) is 0 Å². The van der Waals surface area contributed by atoms with Gasteiger partial charge in [0.05, 0.1) is 5.56 Å². The van der Waals surface area contributed by atoms with Gasteiger partial charge in [0.1, 0.15) is 5.82 Å². The normalized spacial score (nSPS) is 18.8. The highest BCUT2D eigenvalue weighted by atomic mass is 15.3. The molecule has 98 valence electrons. The monoisotopic (exact) mass is 256 g/mol. The van der Waals surface area contributed by atoms with Crippen molar-refractivity contribution in [2.45, 2.75) is 25.8 Å². The first-order valence-corrected chi connectivity index (χ1v) is 6.41. The molecule has 2 N–H and O–H groups in total. The Hall–Kier alpha value is -2.24. The molecular formula is C13H16N6. The molecule has 6 heteroatoms. The zero-order valence-electron chi connectivity index (χ0n) is 10.8. The van der Waals surface area contributed by atoms with E-state index in [0.29, 0.717) is 17.7 Å². The van der Waals surface area contributed by atoms with E-state index in [1.165, 1.54) is 12.8 Å². The van der Waals surface area contributed by atoms with Crippen LogP contribution in [-0.4, -0.2) is 32.5 Å².